The molecule has 0 heterocycles. The van der Waals surface area contributed by atoms with Crippen LogP contribution in [0.3, 0.4) is 0 Å². The molecule has 1 aliphatic rings. The van der Waals surface area contributed by atoms with Crippen LogP contribution in [0.25, 0.3) is 0 Å². The van der Waals surface area contributed by atoms with Gasteiger partial charge in [-0.25, -0.2) is 0 Å². The maximum Gasteiger partial charge on any atom is 0.223 e. The minimum absolute atomic E-state index is 0.177. The second-order valence-electron chi connectivity index (χ2n) is 4.57. The van der Waals surface area contributed by atoms with Crippen LogP contribution in [0.1, 0.15) is 39.5 Å². The van der Waals surface area contributed by atoms with E-state index in [0.29, 0.717) is 5.92 Å². The molecule has 1 rings (SSSR count). The maximum atomic E-state index is 11.7. The van der Waals surface area contributed by atoms with E-state index in [1.54, 1.807) is 0 Å². The Kier molecular flexibility index (Phi) is 4.39. The monoisotopic (exact) mass is 198 g/mol. The van der Waals surface area contributed by atoms with Crippen LogP contribution in [0.2, 0.25) is 0 Å². The lowest BCUT2D eigenvalue weighted by Crippen LogP contribution is -2.34. The van der Waals surface area contributed by atoms with Crippen molar-refractivity contribution in [1.82, 2.24) is 5.32 Å². The highest BCUT2D eigenvalue weighted by Gasteiger charge is 2.29. The van der Waals surface area contributed by atoms with Crippen LogP contribution in [0.4, 0.5) is 0 Å². The quantitative estimate of drug-likeness (QED) is 0.715. The van der Waals surface area contributed by atoms with Gasteiger partial charge in [0.1, 0.15) is 0 Å². The Labute approximate surface area is 86.4 Å². The smallest absolute Gasteiger partial charge is 0.223 e. The summed E-state index contributed by atoms with van der Waals surface area (Å²) in [7, 11) is 0. The maximum absolute atomic E-state index is 11.7. The fourth-order valence-corrected chi connectivity index (χ4v) is 2.09. The highest BCUT2D eigenvalue weighted by Crippen LogP contribution is 2.30. The van der Waals surface area contributed by atoms with Crippen molar-refractivity contribution in [3.8, 4) is 0 Å². The van der Waals surface area contributed by atoms with Crippen molar-refractivity contribution in [2.24, 2.45) is 17.6 Å². The van der Waals surface area contributed by atoms with Gasteiger partial charge in [-0.2, -0.15) is 0 Å². The van der Waals surface area contributed by atoms with E-state index in [2.05, 4.69) is 12.2 Å². The summed E-state index contributed by atoms with van der Waals surface area (Å²) in [5.41, 5.74) is 5.61. The largest absolute Gasteiger partial charge is 0.356 e. The van der Waals surface area contributed by atoms with E-state index >= 15 is 0 Å². The third kappa shape index (κ3) is 3.29. The van der Waals surface area contributed by atoms with Crippen LogP contribution < -0.4 is 11.1 Å². The predicted octanol–water partition coefficient (Wildman–Crippen LogP) is 1.28. The van der Waals surface area contributed by atoms with Crippen LogP contribution in [0.15, 0.2) is 0 Å². The lowest BCUT2D eigenvalue weighted by atomic mass is 9.97. The standard InChI is InChI=1S/C11H22N2O/c1-8-4-3-5-10(8)11(14)13-7-6-9(2)12/h8-10H,3-7,12H2,1-2H3,(H,13,14). The highest BCUT2D eigenvalue weighted by molar-refractivity contribution is 5.79. The van der Waals surface area contributed by atoms with Crippen molar-refractivity contribution in [1.29, 1.82) is 0 Å². The van der Waals surface area contributed by atoms with Crippen LogP contribution in [-0.2, 0) is 4.79 Å². The van der Waals surface area contributed by atoms with Crippen LogP contribution in [-0.4, -0.2) is 18.5 Å². The molecule has 82 valence electrons. The highest BCUT2D eigenvalue weighted by atomic mass is 16.1. The molecule has 0 radical (unpaired) electrons. The zero-order valence-corrected chi connectivity index (χ0v) is 9.25. The molecule has 0 aromatic heterocycles. The Balaban J connectivity index is 2.21. The molecule has 14 heavy (non-hydrogen) atoms. The van der Waals surface area contributed by atoms with Crippen molar-refractivity contribution >= 4 is 5.91 Å². The number of amides is 1. The zero-order chi connectivity index (χ0) is 10.6. The lowest BCUT2D eigenvalue weighted by molar-refractivity contribution is -0.125. The van der Waals surface area contributed by atoms with Gasteiger partial charge in [0.25, 0.3) is 0 Å². The first kappa shape index (κ1) is 11.5. The van der Waals surface area contributed by atoms with E-state index in [0.717, 1.165) is 19.4 Å². The Morgan fingerprint density at radius 1 is 1.57 bits per heavy atom. The van der Waals surface area contributed by atoms with E-state index in [9.17, 15) is 4.79 Å². The first-order valence-electron chi connectivity index (χ1n) is 5.64. The number of nitrogens with two attached hydrogens (primary N) is 1. The van der Waals surface area contributed by atoms with E-state index in [1.165, 1.54) is 12.8 Å². The summed E-state index contributed by atoms with van der Waals surface area (Å²) in [6.07, 6.45) is 4.33. The summed E-state index contributed by atoms with van der Waals surface area (Å²) in [5, 5.41) is 2.97. The van der Waals surface area contributed by atoms with Crippen molar-refractivity contribution in [3.63, 3.8) is 0 Å². The van der Waals surface area contributed by atoms with Gasteiger partial charge in [-0.3, -0.25) is 4.79 Å². The van der Waals surface area contributed by atoms with Gasteiger partial charge in [0.2, 0.25) is 5.91 Å². The summed E-state index contributed by atoms with van der Waals surface area (Å²) in [6.45, 7) is 4.85. The van der Waals surface area contributed by atoms with E-state index in [-0.39, 0.29) is 17.9 Å². The first-order valence-corrected chi connectivity index (χ1v) is 5.64. The number of hydrogen-bond acceptors (Lipinski definition) is 2. The van der Waals surface area contributed by atoms with Gasteiger partial charge in [0.05, 0.1) is 0 Å². The van der Waals surface area contributed by atoms with Crippen LogP contribution >= 0.6 is 0 Å². The minimum Gasteiger partial charge on any atom is -0.356 e. The fourth-order valence-electron chi connectivity index (χ4n) is 2.09. The number of rotatable bonds is 4. The third-order valence-corrected chi connectivity index (χ3v) is 3.10. The van der Waals surface area contributed by atoms with Crippen LogP contribution in [0.5, 0.6) is 0 Å². The van der Waals surface area contributed by atoms with Crippen molar-refractivity contribution in [2.75, 3.05) is 6.54 Å². The molecule has 0 saturated heterocycles. The molecule has 3 atom stereocenters. The zero-order valence-electron chi connectivity index (χ0n) is 9.25. The Bertz CT molecular complexity index is 192. The van der Waals surface area contributed by atoms with Crippen molar-refractivity contribution in [2.45, 2.75) is 45.6 Å². The SMILES string of the molecule is CC(N)CCNC(=O)C1CCCC1C. The fraction of sp³-hybridized carbons (Fsp3) is 0.909. The summed E-state index contributed by atoms with van der Waals surface area (Å²) in [5.74, 6) is 1.05. The summed E-state index contributed by atoms with van der Waals surface area (Å²) in [4.78, 5) is 11.7. The van der Waals surface area contributed by atoms with Gasteiger partial charge in [-0.05, 0) is 32.1 Å². The van der Waals surface area contributed by atoms with E-state index in [1.807, 2.05) is 6.92 Å². The third-order valence-electron chi connectivity index (χ3n) is 3.10. The second kappa shape index (κ2) is 5.35. The molecule has 3 unspecified atom stereocenters. The number of carbonyl (C=O) groups is 1. The molecule has 3 heteroatoms. The number of nitrogens with one attached hydrogen (secondary N) is 1. The Hall–Kier alpha value is -0.570. The Morgan fingerprint density at radius 2 is 2.29 bits per heavy atom. The molecule has 1 fully saturated rings. The van der Waals surface area contributed by atoms with Gasteiger partial charge in [0, 0.05) is 18.5 Å². The van der Waals surface area contributed by atoms with E-state index < -0.39 is 0 Å². The Morgan fingerprint density at radius 3 is 2.79 bits per heavy atom. The predicted molar refractivity (Wildman–Crippen MR) is 57.8 cm³/mol. The lowest BCUT2D eigenvalue weighted by Gasteiger charge is -2.15. The average Bonchev–Trinajstić information content (AvgIpc) is 2.50. The van der Waals surface area contributed by atoms with Crippen molar-refractivity contribution < 1.29 is 4.79 Å². The van der Waals surface area contributed by atoms with Gasteiger partial charge in [-0.15, -0.1) is 0 Å². The molecule has 1 aliphatic carbocycles. The van der Waals surface area contributed by atoms with E-state index in [4.69, 9.17) is 5.73 Å². The van der Waals surface area contributed by atoms with Gasteiger partial charge in [-0.1, -0.05) is 13.3 Å². The molecule has 1 amide bonds. The van der Waals surface area contributed by atoms with Crippen LogP contribution in [0, 0.1) is 11.8 Å². The molecule has 0 spiro atoms. The first-order chi connectivity index (χ1) is 6.61. The molecule has 0 bridgehead atoms. The summed E-state index contributed by atoms with van der Waals surface area (Å²) in [6, 6.07) is 0.177. The minimum atomic E-state index is 0.177. The molecular weight excluding hydrogens is 176 g/mol. The molecular formula is C11H22N2O. The summed E-state index contributed by atoms with van der Waals surface area (Å²) < 4.78 is 0. The molecule has 0 aromatic carbocycles. The molecule has 0 aromatic rings. The number of carbonyl (C=O) groups excluding carboxylic acids is 1. The van der Waals surface area contributed by atoms with Gasteiger partial charge in [0.15, 0.2) is 0 Å². The van der Waals surface area contributed by atoms with Gasteiger partial charge < -0.3 is 11.1 Å². The summed E-state index contributed by atoms with van der Waals surface area (Å²) >= 11 is 0. The topological polar surface area (TPSA) is 55.1 Å². The molecule has 0 aliphatic heterocycles. The molecule has 3 N–H and O–H groups in total. The number of hydrogen-bond donors (Lipinski definition) is 2. The second-order valence-corrected chi connectivity index (χ2v) is 4.57. The normalized spacial score (nSPS) is 28.8. The van der Waals surface area contributed by atoms with Crippen molar-refractivity contribution in [3.05, 3.63) is 0 Å². The molecule has 1 saturated carbocycles. The average molecular weight is 198 g/mol. The molecule has 3 nitrogen and oxygen atoms in total. The van der Waals surface area contributed by atoms with Gasteiger partial charge >= 0.3 is 0 Å².